The highest BCUT2D eigenvalue weighted by atomic mass is 16.6. The molecule has 3 rings (SSSR count). The van der Waals surface area contributed by atoms with Gasteiger partial charge in [-0.25, -0.2) is 4.98 Å². The lowest BCUT2D eigenvalue weighted by molar-refractivity contribution is -0.384. The third-order valence-corrected chi connectivity index (χ3v) is 2.81. The average Bonchev–Trinajstić information content (AvgIpc) is 2.87. The minimum Gasteiger partial charge on any atom is -0.307 e. The van der Waals surface area contributed by atoms with Gasteiger partial charge in [0.05, 0.1) is 4.92 Å². The molecule has 0 aliphatic carbocycles. The molecule has 2 heterocycles. The van der Waals surface area contributed by atoms with Gasteiger partial charge in [-0.3, -0.25) is 10.1 Å². The largest absolute Gasteiger partial charge is 0.307 e. The predicted molar refractivity (Wildman–Crippen MR) is 67.3 cm³/mol. The number of non-ortho nitro benzene ring substituents is 1. The fourth-order valence-corrected chi connectivity index (χ4v) is 1.94. The van der Waals surface area contributed by atoms with Crippen LogP contribution in [-0.2, 0) is 0 Å². The van der Waals surface area contributed by atoms with Crippen LogP contribution in [0.1, 0.15) is 0 Å². The number of benzene rings is 1. The predicted octanol–water partition coefficient (Wildman–Crippen LogP) is 2.91. The number of nitro benzene ring substituents is 1. The van der Waals surface area contributed by atoms with Gasteiger partial charge in [-0.05, 0) is 29.8 Å². The van der Waals surface area contributed by atoms with Crippen LogP contribution in [0.4, 0.5) is 5.69 Å². The summed E-state index contributed by atoms with van der Waals surface area (Å²) in [5, 5.41) is 10.6. The molecule has 5 nitrogen and oxygen atoms in total. The molecule has 0 atom stereocenters. The quantitative estimate of drug-likeness (QED) is 0.510. The van der Waals surface area contributed by atoms with E-state index in [1.807, 2.05) is 28.9 Å². The second-order valence-electron chi connectivity index (χ2n) is 3.88. The highest BCUT2D eigenvalue weighted by Gasteiger charge is 2.08. The minimum absolute atomic E-state index is 0.0917. The molecule has 0 aliphatic rings. The van der Waals surface area contributed by atoms with E-state index in [-0.39, 0.29) is 5.69 Å². The van der Waals surface area contributed by atoms with Gasteiger partial charge in [0.2, 0.25) is 0 Å². The van der Waals surface area contributed by atoms with Gasteiger partial charge in [-0.15, -0.1) is 0 Å². The molecule has 88 valence electrons. The van der Waals surface area contributed by atoms with Crippen molar-refractivity contribution in [3.05, 3.63) is 65.1 Å². The third kappa shape index (κ3) is 1.62. The van der Waals surface area contributed by atoms with Crippen molar-refractivity contribution in [3.63, 3.8) is 0 Å². The fraction of sp³-hybridized carbons (Fsp3) is 0. The first-order valence-corrected chi connectivity index (χ1v) is 5.42. The molecular weight excluding hydrogens is 230 g/mol. The summed E-state index contributed by atoms with van der Waals surface area (Å²) in [6, 6.07) is 10.3. The summed E-state index contributed by atoms with van der Waals surface area (Å²) in [5.74, 6) is 0. The van der Waals surface area contributed by atoms with Crippen molar-refractivity contribution >= 4 is 11.3 Å². The van der Waals surface area contributed by atoms with Crippen LogP contribution in [0.5, 0.6) is 0 Å². The molecule has 0 bridgehead atoms. The standard InChI is InChI=1S/C13H9N3O2/c17-16(18)11-5-3-10(4-6-11)12-2-1-8-15-9-7-14-13(12)15/h1-9H. The Hall–Kier alpha value is -2.69. The third-order valence-electron chi connectivity index (χ3n) is 2.81. The van der Waals surface area contributed by atoms with Crippen LogP contribution in [0.2, 0.25) is 0 Å². The van der Waals surface area contributed by atoms with E-state index >= 15 is 0 Å². The molecule has 5 heteroatoms. The summed E-state index contributed by atoms with van der Waals surface area (Å²) < 4.78 is 1.91. The van der Waals surface area contributed by atoms with Crippen LogP contribution in [0.25, 0.3) is 16.8 Å². The van der Waals surface area contributed by atoms with Crippen molar-refractivity contribution in [1.82, 2.24) is 9.38 Å². The summed E-state index contributed by atoms with van der Waals surface area (Å²) in [5.41, 5.74) is 2.80. The number of imidazole rings is 1. The highest BCUT2D eigenvalue weighted by Crippen LogP contribution is 2.25. The van der Waals surface area contributed by atoms with Crippen molar-refractivity contribution < 1.29 is 4.92 Å². The molecule has 18 heavy (non-hydrogen) atoms. The maximum Gasteiger partial charge on any atom is 0.269 e. The van der Waals surface area contributed by atoms with E-state index in [1.165, 1.54) is 12.1 Å². The summed E-state index contributed by atoms with van der Waals surface area (Å²) in [4.78, 5) is 14.5. The maximum absolute atomic E-state index is 10.6. The van der Waals surface area contributed by atoms with E-state index in [0.717, 1.165) is 16.8 Å². The Morgan fingerprint density at radius 1 is 1.11 bits per heavy atom. The summed E-state index contributed by atoms with van der Waals surface area (Å²) >= 11 is 0. The van der Waals surface area contributed by atoms with Crippen LogP contribution >= 0.6 is 0 Å². The van der Waals surface area contributed by atoms with Crippen LogP contribution < -0.4 is 0 Å². The van der Waals surface area contributed by atoms with Gasteiger partial charge in [0.1, 0.15) is 5.65 Å². The fourth-order valence-electron chi connectivity index (χ4n) is 1.94. The molecular formula is C13H9N3O2. The Bertz CT molecular complexity index is 716. The molecule has 0 N–H and O–H groups in total. The number of aromatic nitrogens is 2. The van der Waals surface area contributed by atoms with Gasteiger partial charge < -0.3 is 4.40 Å². The first-order valence-electron chi connectivity index (χ1n) is 5.42. The number of rotatable bonds is 2. The molecule has 3 aromatic rings. The number of pyridine rings is 1. The number of hydrogen-bond acceptors (Lipinski definition) is 3. The zero-order valence-corrected chi connectivity index (χ0v) is 9.35. The number of nitrogens with zero attached hydrogens (tertiary/aromatic N) is 3. The van der Waals surface area contributed by atoms with Crippen molar-refractivity contribution in [2.75, 3.05) is 0 Å². The summed E-state index contributed by atoms with van der Waals surface area (Å²) in [6.07, 6.45) is 5.51. The van der Waals surface area contributed by atoms with Gasteiger partial charge in [0.25, 0.3) is 5.69 Å². The van der Waals surface area contributed by atoms with Crippen molar-refractivity contribution in [1.29, 1.82) is 0 Å². The summed E-state index contributed by atoms with van der Waals surface area (Å²) in [6.45, 7) is 0. The topological polar surface area (TPSA) is 60.4 Å². The normalized spacial score (nSPS) is 10.7. The first-order chi connectivity index (χ1) is 8.75. The first kappa shape index (κ1) is 10.5. The van der Waals surface area contributed by atoms with Crippen molar-refractivity contribution in [2.24, 2.45) is 0 Å². The minimum atomic E-state index is -0.403. The lowest BCUT2D eigenvalue weighted by atomic mass is 10.1. The monoisotopic (exact) mass is 239 g/mol. The van der Waals surface area contributed by atoms with E-state index in [2.05, 4.69) is 4.98 Å². The van der Waals surface area contributed by atoms with E-state index in [9.17, 15) is 10.1 Å². The lowest BCUT2D eigenvalue weighted by Crippen LogP contribution is -1.89. The lowest BCUT2D eigenvalue weighted by Gasteiger charge is -2.03. The number of hydrogen-bond donors (Lipinski definition) is 0. The Labute approximate surface area is 102 Å². The smallest absolute Gasteiger partial charge is 0.269 e. The van der Waals surface area contributed by atoms with Crippen LogP contribution in [0.15, 0.2) is 55.0 Å². The molecule has 0 fully saturated rings. The summed E-state index contributed by atoms with van der Waals surface area (Å²) in [7, 11) is 0. The van der Waals surface area contributed by atoms with Crippen LogP contribution in [0, 0.1) is 10.1 Å². The van der Waals surface area contributed by atoms with E-state index in [4.69, 9.17) is 0 Å². The number of fused-ring (bicyclic) bond motifs is 1. The van der Waals surface area contributed by atoms with Crippen molar-refractivity contribution in [3.8, 4) is 11.1 Å². The zero-order chi connectivity index (χ0) is 12.5. The number of nitro groups is 1. The molecule has 2 aromatic heterocycles. The second-order valence-corrected chi connectivity index (χ2v) is 3.88. The maximum atomic E-state index is 10.6. The molecule has 0 amide bonds. The van der Waals surface area contributed by atoms with Crippen LogP contribution in [-0.4, -0.2) is 14.3 Å². The van der Waals surface area contributed by atoms with Gasteiger partial charge >= 0.3 is 0 Å². The van der Waals surface area contributed by atoms with Gasteiger partial charge in [-0.2, -0.15) is 0 Å². The molecule has 0 radical (unpaired) electrons. The Balaban J connectivity index is 2.14. The Morgan fingerprint density at radius 2 is 1.89 bits per heavy atom. The van der Waals surface area contributed by atoms with Crippen LogP contribution in [0.3, 0.4) is 0 Å². The SMILES string of the molecule is O=[N+]([O-])c1ccc(-c2cccn3ccnc23)cc1. The van der Waals surface area contributed by atoms with Crippen molar-refractivity contribution in [2.45, 2.75) is 0 Å². The molecule has 0 unspecified atom stereocenters. The molecule has 0 saturated carbocycles. The second kappa shape index (κ2) is 3.96. The van der Waals surface area contributed by atoms with Gasteiger partial charge in [0, 0.05) is 36.3 Å². The van der Waals surface area contributed by atoms with Gasteiger partial charge in [0.15, 0.2) is 0 Å². The van der Waals surface area contributed by atoms with E-state index < -0.39 is 4.92 Å². The molecule has 0 spiro atoms. The molecule has 0 aliphatic heterocycles. The molecule has 1 aromatic carbocycles. The van der Waals surface area contributed by atoms with E-state index in [0.29, 0.717) is 0 Å². The van der Waals surface area contributed by atoms with Gasteiger partial charge in [-0.1, -0.05) is 0 Å². The Kier molecular flexibility index (Phi) is 2.30. The molecule has 0 saturated heterocycles. The highest BCUT2D eigenvalue weighted by molar-refractivity contribution is 5.77. The zero-order valence-electron chi connectivity index (χ0n) is 9.35. The average molecular weight is 239 g/mol. The van der Waals surface area contributed by atoms with E-state index in [1.54, 1.807) is 18.3 Å². The Morgan fingerprint density at radius 3 is 2.61 bits per heavy atom.